The van der Waals surface area contributed by atoms with E-state index >= 15 is 0 Å². The first-order valence-corrected chi connectivity index (χ1v) is 7.61. The number of carbonyl (C=O) groups excluding carboxylic acids is 1. The third kappa shape index (κ3) is 3.30. The summed E-state index contributed by atoms with van der Waals surface area (Å²) in [6.07, 6.45) is 5.05. The lowest BCUT2D eigenvalue weighted by molar-refractivity contribution is -0.137. The van der Waals surface area contributed by atoms with E-state index in [9.17, 15) is 9.59 Å². The summed E-state index contributed by atoms with van der Waals surface area (Å²) < 4.78 is 0. The predicted molar refractivity (Wildman–Crippen MR) is 88.7 cm³/mol. The van der Waals surface area contributed by atoms with Gasteiger partial charge in [0.25, 0.3) is 5.91 Å². The highest BCUT2D eigenvalue weighted by Crippen LogP contribution is 2.23. The summed E-state index contributed by atoms with van der Waals surface area (Å²) in [6.45, 7) is 3.76. The predicted octanol–water partition coefficient (Wildman–Crippen LogP) is 0.751. The number of aliphatic carboxylic acids is 1. The topological polar surface area (TPSA) is 133 Å². The van der Waals surface area contributed by atoms with Crippen LogP contribution in [0.25, 0.3) is 6.08 Å². The van der Waals surface area contributed by atoms with E-state index < -0.39 is 5.97 Å². The van der Waals surface area contributed by atoms with Gasteiger partial charge < -0.3 is 10.1 Å². The first-order chi connectivity index (χ1) is 12.0. The molecule has 0 saturated carbocycles. The van der Waals surface area contributed by atoms with Crippen LogP contribution >= 0.6 is 0 Å². The van der Waals surface area contributed by atoms with Crippen LogP contribution in [0.4, 0.5) is 0 Å². The van der Waals surface area contributed by atoms with Gasteiger partial charge in [-0.3, -0.25) is 9.59 Å². The van der Waals surface area contributed by atoms with Crippen molar-refractivity contribution in [1.29, 1.82) is 0 Å². The number of aromatic amines is 1. The number of H-pyrrole nitrogens is 1. The van der Waals surface area contributed by atoms with Crippen LogP contribution in [-0.4, -0.2) is 42.9 Å². The molecule has 0 unspecified atom stereocenters. The lowest BCUT2D eigenvalue weighted by Crippen LogP contribution is -2.15. The highest BCUT2D eigenvalue weighted by atomic mass is 16.4. The zero-order valence-corrected chi connectivity index (χ0v) is 13.7. The molecule has 2 aromatic heterocycles. The van der Waals surface area contributed by atoms with Crippen LogP contribution in [0.2, 0.25) is 0 Å². The molecule has 2 aromatic rings. The Balaban J connectivity index is 1.97. The molecule has 3 N–H and O–H groups in total. The number of hydrogen-bond donors (Lipinski definition) is 3. The fourth-order valence-electron chi connectivity index (χ4n) is 2.71. The van der Waals surface area contributed by atoms with E-state index in [1.807, 2.05) is 13.8 Å². The van der Waals surface area contributed by atoms with Gasteiger partial charge in [-0.1, -0.05) is 0 Å². The molecule has 0 radical (unpaired) electrons. The molecule has 1 aliphatic rings. The molecule has 0 atom stereocenters. The Morgan fingerprint density at radius 1 is 1.32 bits per heavy atom. The van der Waals surface area contributed by atoms with Gasteiger partial charge in [0.05, 0.1) is 11.8 Å². The van der Waals surface area contributed by atoms with Crippen LogP contribution in [-0.2, 0) is 16.0 Å². The summed E-state index contributed by atoms with van der Waals surface area (Å²) in [6, 6.07) is 0. The van der Waals surface area contributed by atoms with Gasteiger partial charge in [-0.15, -0.1) is 5.10 Å². The minimum Gasteiger partial charge on any atom is -0.481 e. The van der Waals surface area contributed by atoms with Crippen molar-refractivity contribution >= 4 is 23.7 Å². The monoisotopic (exact) mass is 340 g/mol. The molecule has 25 heavy (non-hydrogen) atoms. The summed E-state index contributed by atoms with van der Waals surface area (Å²) in [4.78, 5) is 30.2. The van der Waals surface area contributed by atoms with Crippen molar-refractivity contribution in [3.05, 3.63) is 46.3 Å². The van der Waals surface area contributed by atoms with Crippen LogP contribution in [0.15, 0.2) is 23.1 Å². The second kappa shape index (κ2) is 6.63. The van der Waals surface area contributed by atoms with E-state index in [2.05, 4.69) is 30.7 Å². The van der Waals surface area contributed by atoms with E-state index in [0.29, 0.717) is 17.7 Å². The van der Waals surface area contributed by atoms with E-state index in [0.717, 1.165) is 22.5 Å². The molecular formula is C16H16N6O3. The van der Waals surface area contributed by atoms with Gasteiger partial charge in [-0.05, 0) is 37.5 Å². The number of amides is 1. The molecule has 0 saturated heterocycles. The second-order valence-corrected chi connectivity index (χ2v) is 5.59. The van der Waals surface area contributed by atoms with Crippen molar-refractivity contribution in [3.63, 3.8) is 0 Å². The number of carboxylic acids is 1. The largest absolute Gasteiger partial charge is 0.481 e. The minimum absolute atomic E-state index is 0.0479. The summed E-state index contributed by atoms with van der Waals surface area (Å²) in [5.41, 5.74) is 6.47. The molecule has 9 nitrogen and oxygen atoms in total. The van der Waals surface area contributed by atoms with Crippen molar-refractivity contribution in [2.24, 2.45) is 5.10 Å². The number of hydrogen-bond acceptors (Lipinski definition) is 6. The molecule has 9 heteroatoms. The van der Waals surface area contributed by atoms with Crippen LogP contribution in [0, 0.1) is 13.8 Å². The van der Waals surface area contributed by atoms with Gasteiger partial charge in [-0.2, -0.15) is 10.2 Å². The molecule has 128 valence electrons. The Labute approximate surface area is 142 Å². The van der Waals surface area contributed by atoms with Crippen molar-refractivity contribution in [2.45, 2.75) is 26.7 Å². The smallest absolute Gasteiger partial charge is 0.303 e. The molecule has 0 aromatic carbocycles. The molecule has 0 bridgehead atoms. The van der Waals surface area contributed by atoms with Crippen molar-refractivity contribution < 1.29 is 14.7 Å². The number of nitrogens with one attached hydrogen (secondary N) is 2. The number of carboxylic acid groups (broad SMARTS) is 1. The van der Waals surface area contributed by atoms with Gasteiger partial charge in [0.2, 0.25) is 5.82 Å². The standard InChI is InChI=1S/C16H16N6O3/c1-8-10(3-4-13(23)24)9(2)19-12(8)7-11-14(20-22-16(11)25)15-17-5-6-18-21-15/h5-7,19H,3-4H2,1-2H3,(H,22,25)(H,23,24)/b11-7+. The third-order valence-corrected chi connectivity index (χ3v) is 3.97. The molecular weight excluding hydrogens is 324 g/mol. The van der Waals surface area contributed by atoms with Crippen molar-refractivity contribution in [1.82, 2.24) is 25.6 Å². The lowest BCUT2D eigenvalue weighted by atomic mass is 10.0. The maximum Gasteiger partial charge on any atom is 0.303 e. The normalized spacial score (nSPS) is 15.4. The summed E-state index contributed by atoms with van der Waals surface area (Å²) in [5.74, 6) is -0.960. The molecule has 3 heterocycles. The highest BCUT2D eigenvalue weighted by Gasteiger charge is 2.27. The van der Waals surface area contributed by atoms with Crippen LogP contribution in [0.1, 0.15) is 34.8 Å². The molecule has 0 fully saturated rings. The molecule has 1 aliphatic heterocycles. The summed E-state index contributed by atoms with van der Waals surface area (Å²) >= 11 is 0. The van der Waals surface area contributed by atoms with E-state index in [4.69, 9.17) is 5.11 Å². The van der Waals surface area contributed by atoms with Gasteiger partial charge in [0.1, 0.15) is 5.71 Å². The lowest BCUT2D eigenvalue weighted by Gasteiger charge is -2.01. The highest BCUT2D eigenvalue weighted by molar-refractivity contribution is 6.32. The number of carbonyl (C=O) groups is 2. The first kappa shape index (κ1) is 16.5. The van der Waals surface area contributed by atoms with Gasteiger partial charge in [-0.25, -0.2) is 10.4 Å². The Morgan fingerprint density at radius 2 is 2.12 bits per heavy atom. The number of aromatic nitrogens is 4. The van der Waals surface area contributed by atoms with E-state index in [1.54, 1.807) is 6.08 Å². The van der Waals surface area contributed by atoms with Crippen LogP contribution in [0.3, 0.4) is 0 Å². The Hall–Kier alpha value is -3.36. The second-order valence-electron chi connectivity index (χ2n) is 5.59. The van der Waals surface area contributed by atoms with Crippen LogP contribution in [0.5, 0.6) is 0 Å². The fourth-order valence-corrected chi connectivity index (χ4v) is 2.71. The number of nitrogens with zero attached hydrogens (tertiary/aromatic N) is 4. The van der Waals surface area contributed by atoms with Gasteiger partial charge in [0.15, 0.2) is 0 Å². The Bertz CT molecular complexity index is 898. The zero-order valence-electron chi connectivity index (χ0n) is 13.7. The number of hydrazone groups is 1. The van der Waals surface area contributed by atoms with Crippen molar-refractivity contribution in [3.8, 4) is 0 Å². The Morgan fingerprint density at radius 3 is 2.80 bits per heavy atom. The molecule has 0 spiro atoms. The maximum absolute atomic E-state index is 12.1. The van der Waals surface area contributed by atoms with E-state index in [-0.39, 0.29) is 18.2 Å². The average molecular weight is 340 g/mol. The molecule has 1 amide bonds. The first-order valence-electron chi connectivity index (χ1n) is 7.61. The van der Waals surface area contributed by atoms with E-state index in [1.165, 1.54) is 12.4 Å². The average Bonchev–Trinajstić information content (AvgIpc) is 3.07. The summed E-state index contributed by atoms with van der Waals surface area (Å²) in [5, 5.41) is 20.5. The zero-order chi connectivity index (χ0) is 18.0. The van der Waals surface area contributed by atoms with Gasteiger partial charge in [0, 0.05) is 24.0 Å². The van der Waals surface area contributed by atoms with Gasteiger partial charge >= 0.3 is 5.97 Å². The SMILES string of the molecule is Cc1[nH]c(/C=C2/C(=O)NN=C2c2nccnn2)c(C)c1CCC(=O)O. The summed E-state index contributed by atoms with van der Waals surface area (Å²) in [7, 11) is 0. The minimum atomic E-state index is -0.849. The number of rotatable bonds is 5. The van der Waals surface area contributed by atoms with Crippen LogP contribution < -0.4 is 5.43 Å². The number of aryl methyl sites for hydroxylation is 1. The third-order valence-electron chi connectivity index (χ3n) is 3.97. The molecule has 3 rings (SSSR count). The molecule has 0 aliphatic carbocycles. The van der Waals surface area contributed by atoms with Crippen molar-refractivity contribution in [2.75, 3.05) is 0 Å². The quantitative estimate of drug-likeness (QED) is 0.688. The fraction of sp³-hybridized carbons (Fsp3) is 0.250. The maximum atomic E-state index is 12.1. The Kier molecular flexibility index (Phi) is 4.38.